The molecule has 0 aromatic rings. The summed E-state index contributed by atoms with van der Waals surface area (Å²) in [6, 6.07) is -0.0624. The van der Waals surface area contributed by atoms with Crippen LogP contribution in [0.5, 0.6) is 0 Å². The SMILES string of the molecule is CCCC(CC)N1CCS(=O)(=O)CC1CC(=O)O. The number of nitrogens with zero attached hydrogens (tertiary/aromatic N) is 1. The molecule has 0 aromatic heterocycles. The van der Waals surface area contributed by atoms with Crippen molar-refractivity contribution in [1.29, 1.82) is 0 Å². The summed E-state index contributed by atoms with van der Waals surface area (Å²) >= 11 is 0. The quantitative estimate of drug-likeness (QED) is 0.788. The fourth-order valence-corrected chi connectivity index (χ4v) is 4.25. The molecule has 5 nitrogen and oxygen atoms in total. The lowest BCUT2D eigenvalue weighted by molar-refractivity contribution is -0.138. The van der Waals surface area contributed by atoms with E-state index in [1.807, 2.05) is 0 Å². The number of rotatable bonds is 6. The van der Waals surface area contributed by atoms with Crippen molar-refractivity contribution >= 4 is 15.8 Å². The molecule has 1 aliphatic heterocycles. The average Bonchev–Trinajstić information content (AvgIpc) is 2.25. The summed E-state index contributed by atoms with van der Waals surface area (Å²) in [7, 11) is -3.07. The highest BCUT2D eigenvalue weighted by molar-refractivity contribution is 7.91. The Bertz CT molecular complexity index is 380. The Labute approximate surface area is 109 Å². The summed E-state index contributed by atoms with van der Waals surface area (Å²) < 4.78 is 23.3. The first-order valence-corrected chi connectivity index (χ1v) is 8.39. The molecule has 2 unspecified atom stereocenters. The summed E-state index contributed by atoms with van der Waals surface area (Å²) in [5.41, 5.74) is 0. The zero-order valence-corrected chi connectivity index (χ0v) is 11.9. The largest absolute Gasteiger partial charge is 0.481 e. The minimum Gasteiger partial charge on any atom is -0.481 e. The molecule has 1 aliphatic rings. The first-order valence-electron chi connectivity index (χ1n) is 6.57. The fraction of sp³-hybridized carbons (Fsp3) is 0.917. The van der Waals surface area contributed by atoms with Gasteiger partial charge >= 0.3 is 5.97 Å². The van der Waals surface area contributed by atoms with E-state index >= 15 is 0 Å². The molecule has 1 N–H and O–H groups in total. The highest BCUT2D eigenvalue weighted by Gasteiger charge is 2.35. The van der Waals surface area contributed by atoms with E-state index in [1.54, 1.807) is 0 Å². The molecule has 1 rings (SSSR count). The summed E-state index contributed by atoms with van der Waals surface area (Å²) in [6.07, 6.45) is 2.87. The topological polar surface area (TPSA) is 74.7 Å². The van der Waals surface area contributed by atoms with Gasteiger partial charge in [-0.1, -0.05) is 20.3 Å². The van der Waals surface area contributed by atoms with Gasteiger partial charge in [0.05, 0.1) is 17.9 Å². The van der Waals surface area contributed by atoms with Crippen molar-refractivity contribution < 1.29 is 18.3 Å². The molecule has 0 aromatic carbocycles. The molecule has 18 heavy (non-hydrogen) atoms. The van der Waals surface area contributed by atoms with Crippen LogP contribution in [0.3, 0.4) is 0 Å². The monoisotopic (exact) mass is 277 g/mol. The second-order valence-electron chi connectivity index (χ2n) is 4.95. The molecule has 1 fully saturated rings. The molecule has 1 heterocycles. The molecule has 6 heteroatoms. The molecule has 2 atom stereocenters. The predicted octanol–water partition coefficient (Wildman–Crippen LogP) is 1.14. The van der Waals surface area contributed by atoms with E-state index in [0.29, 0.717) is 12.6 Å². The molecule has 1 saturated heterocycles. The normalized spacial score (nSPS) is 25.8. The van der Waals surface area contributed by atoms with Crippen LogP contribution in [0.25, 0.3) is 0 Å². The molecule has 0 spiro atoms. The van der Waals surface area contributed by atoms with Gasteiger partial charge in [0.15, 0.2) is 9.84 Å². The van der Waals surface area contributed by atoms with Gasteiger partial charge in [0.1, 0.15) is 0 Å². The standard InChI is InChI=1S/C12H23NO4S/c1-3-5-10(4-2)13-6-7-18(16,17)9-11(13)8-12(14)15/h10-11H,3-9H2,1-2H3,(H,14,15). The van der Waals surface area contributed by atoms with Crippen LogP contribution in [0.15, 0.2) is 0 Å². The number of carboxylic acid groups (broad SMARTS) is 1. The Morgan fingerprint density at radius 1 is 1.44 bits per heavy atom. The van der Waals surface area contributed by atoms with Gasteiger partial charge in [0.2, 0.25) is 0 Å². The smallest absolute Gasteiger partial charge is 0.304 e. The Balaban J connectivity index is 2.82. The van der Waals surface area contributed by atoms with E-state index in [4.69, 9.17) is 5.11 Å². The van der Waals surface area contributed by atoms with Crippen LogP contribution < -0.4 is 0 Å². The maximum atomic E-state index is 11.6. The maximum absolute atomic E-state index is 11.6. The lowest BCUT2D eigenvalue weighted by Crippen LogP contribution is -2.53. The van der Waals surface area contributed by atoms with E-state index < -0.39 is 15.8 Å². The molecular formula is C12H23NO4S. The molecule has 0 radical (unpaired) electrons. The van der Waals surface area contributed by atoms with Gasteiger partial charge in [-0.05, 0) is 12.8 Å². The molecule has 0 amide bonds. The highest BCUT2D eigenvalue weighted by Crippen LogP contribution is 2.22. The van der Waals surface area contributed by atoms with Gasteiger partial charge in [-0.25, -0.2) is 8.42 Å². The first-order chi connectivity index (χ1) is 8.39. The van der Waals surface area contributed by atoms with Crippen LogP contribution in [-0.4, -0.2) is 54.5 Å². The Morgan fingerprint density at radius 3 is 2.61 bits per heavy atom. The lowest BCUT2D eigenvalue weighted by atomic mass is 10.0. The van der Waals surface area contributed by atoms with E-state index in [-0.39, 0.29) is 24.0 Å². The number of carboxylic acids is 1. The fourth-order valence-electron chi connectivity index (χ4n) is 2.70. The van der Waals surface area contributed by atoms with Crippen molar-refractivity contribution in [2.45, 2.75) is 51.6 Å². The Hall–Kier alpha value is -0.620. The molecule has 0 saturated carbocycles. The average molecular weight is 277 g/mol. The number of sulfone groups is 1. The zero-order valence-electron chi connectivity index (χ0n) is 11.1. The second-order valence-corrected chi connectivity index (χ2v) is 7.18. The maximum Gasteiger partial charge on any atom is 0.304 e. The van der Waals surface area contributed by atoms with Gasteiger partial charge in [0.25, 0.3) is 0 Å². The van der Waals surface area contributed by atoms with E-state index in [9.17, 15) is 13.2 Å². The Kier molecular flexibility index (Phi) is 5.59. The van der Waals surface area contributed by atoms with Crippen LogP contribution in [0.2, 0.25) is 0 Å². The number of hydrogen-bond donors (Lipinski definition) is 1. The van der Waals surface area contributed by atoms with Gasteiger partial charge in [0, 0.05) is 18.6 Å². The number of hydrogen-bond acceptors (Lipinski definition) is 4. The summed E-state index contributed by atoms with van der Waals surface area (Å²) in [4.78, 5) is 13.0. The van der Waals surface area contributed by atoms with Gasteiger partial charge in [-0.3, -0.25) is 9.69 Å². The van der Waals surface area contributed by atoms with Crippen molar-refractivity contribution in [3.8, 4) is 0 Å². The van der Waals surface area contributed by atoms with E-state index in [2.05, 4.69) is 18.7 Å². The minimum atomic E-state index is -3.07. The van der Waals surface area contributed by atoms with Crippen LogP contribution >= 0.6 is 0 Å². The number of carbonyl (C=O) groups is 1. The van der Waals surface area contributed by atoms with Crippen LogP contribution in [0.4, 0.5) is 0 Å². The molecule has 0 aliphatic carbocycles. The zero-order chi connectivity index (χ0) is 13.8. The third-order valence-electron chi connectivity index (χ3n) is 3.55. The summed E-state index contributed by atoms with van der Waals surface area (Å²) in [5, 5.41) is 8.92. The molecule has 0 bridgehead atoms. The predicted molar refractivity (Wildman–Crippen MR) is 70.4 cm³/mol. The third kappa shape index (κ3) is 4.24. The van der Waals surface area contributed by atoms with Crippen molar-refractivity contribution in [2.75, 3.05) is 18.1 Å². The Morgan fingerprint density at radius 2 is 2.11 bits per heavy atom. The van der Waals surface area contributed by atoms with E-state index in [0.717, 1.165) is 19.3 Å². The van der Waals surface area contributed by atoms with Crippen LogP contribution in [0.1, 0.15) is 39.5 Å². The van der Waals surface area contributed by atoms with E-state index in [1.165, 1.54) is 0 Å². The lowest BCUT2D eigenvalue weighted by Gasteiger charge is -2.40. The van der Waals surface area contributed by atoms with Gasteiger partial charge in [-0.15, -0.1) is 0 Å². The second kappa shape index (κ2) is 6.52. The van der Waals surface area contributed by atoms with Crippen molar-refractivity contribution in [3.05, 3.63) is 0 Å². The summed E-state index contributed by atoms with van der Waals surface area (Å²) in [5.74, 6) is -0.781. The van der Waals surface area contributed by atoms with Crippen molar-refractivity contribution in [3.63, 3.8) is 0 Å². The highest BCUT2D eigenvalue weighted by atomic mass is 32.2. The summed E-state index contributed by atoms with van der Waals surface area (Å²) in [6.45, 7) is 4.63. The van der Waals surface area contributed by atoms with Crippen molar-refractivity contribution in [1.82, 2.24) is 4.90 Å². The van der Waals surface area contributed by atoms with Gasteiger partial charge < -0.3 is 5.11 Å². The minimum absolute atomic E-state index is 0.0144. The van der Waals surface area contributed by atoms with Crippen LogP contribution in [-0.2, 0) is 14.6 Å². The van der Waals surface area contributed by atoms with Gasteiger partial charge in [-0.2, -0.15) is 0 Å². The third-order valence-corrected chi connectivity index (χ3v) is 5.25. The number of aliphatic carboxylic acids is 1. The van der Waals surface area contributed by atoms with Crippen molar-refractivity contribution in [2.24, 2.45) is 0 Å². The first kappa shape index (κ1) is 15.4. The van der Waals surface area contributed by atoms with Crippen LogP contribution in [0, 0.1) is 0 Å². The molecular weight excluding hydrogens is 254 g/mol. The molecule has 106 valence electrons.